The van der Waals surface area contributed by atoms with E-state index in [4.69, 9.17) is 0 Å². The maximum Gasteiger partial charge on any atom is 0.00548 e. The van der Waals surface area contributed by atoms with Crippen molar-refractivity contribution in [2.24, 2.45) is 5.92 Å². The average molecular weight is 294 g/mol. The van der Waals surface area contributed by atoms with Crippen molar-refractivity contribution < 1.29 is 0 Å². The van der Waals surface area contributed by atoms with Crippen molar-refractivity contribution in [3.8, 4) is 0 Å². The van der Waals surface area contributed by atoms with Crippen molar-refractivity contribution >= 4 is 20.1 Å². The lowest BCUT2D eigenvalue weighted by atomic mass is 10.1. The molecule has 2 fully saturated rings. The van der Waals surface area contributed by atoms with E-state index in [0.717, 1.165) is 5.92 Å². The first-order valence-electron chi connectivity index (χ1n) is 7.26. The molecule has 112 valence electrons. The fraction of sp³-hybridized carbons (Fsp3) is 1.00. The molecule has 0 aromatic rings. The van der Waals surface area contributed by atoms with Gasteiger partial charge in [-0.2, -0.15) is 0 Å². The molecule has 2 aliphatic heterocycles. The Kier molecular flexibility index (Phi) is 6.40. The van der Waals surface area contributed by atoms with E-state index in [2.05, 4.69) is 43.9 Å². The fourth-order valence-corrected chi connectivity index (χ4v) is 6.41. The molecular weight excluding hydrogens is 258 g/mol. The van der Waals surface area contributed by atoms with Gasteiger partial charge in [0, 0.05) is 13.1 Å². The van der Waals surface area contributed by atoms with Crippen LogP contribution in [0, 0.1) is 5.92 Å². The molecule has 2 saturated heterocycles. The lowest BCUT2D eigenvalue weighted by Crippen LogP contribution is -2.34. The number of nitrogens with zero attached hydrogens (tertiary/aromatic N) is 1. The predicted molar refractivity (Wildman–Crippen MR) is 94.2 cm³/mol. The summed E-state index contributed by atoms with van der Waals surface area (Å²) >= 11 is 0. The standard InChI is InChI=1S/C8H18S.C7H17NS/c2*1-8-4-6-9(2,3)7-5-8/h8H,4-7H2,1-3H3;4-7H2,1-3H3. The van der Waals surface area contributed by atoms with E-state index >= 15 is 0 Å². The normalized spacial score (nSPS) is 31.9. The van der Waals surface area contributed by atoms with Crippen LogP contribution in [0.3, 0.4) is 0 Å². The van der Waals surface area contributed by atoms with E-state index in [1.807, 2.05) is 0 Å². The Morgan fingerprint density at radius 1 is 0.778 bits per heavy atom. The maximum atomic E-state index is 2.47. The SMILES string of the molecule is CC1CCS(C)(C)CC1.CN1CCS(C)(C)CC1. The quantitative estimate of drug-likeness (QED) is 0.661. The molecule has 0 atom stereocenters. The Labute approximate surface area is 119 Å². The first-order valence-corrected chi connectivity index (χ1v) is 12.8. The summed E-state index contributed by atoms with van der Waals surface area (Å²) in [5.41, 5.74) is 0. The number of hydrogen-bond donors (Lipinski definition) is 0. The van der Waals surface area contributed by atoms with Crippen molar-refractivity contribution in [1.29, 1.82) is 0 Å². The first-order chi connectivity index (χ1) is 8.20. The van der Waals surface area contributed by atoms with Crippen LogP contribution in [0.15, 0.2) is 0 Å². The van der Waals surface area contributed by atoms with Crippen LogP contribution in [0.25, 0.3) is 0 Å². The molecule has 0 saturated carbocycles. The molecule has 0 N–H and O–H groups in total. The summed E-state index contributed by atoms with van der Waals surface area (Å²) in [7, 11) is 1.94. The van der Waals surface area contributed by atoms with Gasteiger partial charge in [0.1, 0.15) is 0 Å². The van der Waals surface area contributed by atoms with Crippen LogP contribution in [0.4, 0.5) is 0 Å². The van der Waals surface area contributed by atoms with Crippen molar-refractivity contribution in [3.63, 3.8) is 0 Å². The molecule has 0 amide bonds. The van der Waals surface area contributed by atoms with Crippen LogP contribution in [0.2, 0.25) is 0 Å². The van der Waals surface area contributed by atoms with Crippen molar-refractivity contribution in [3.05, 3.63) is 0 Å². The second kappa shape index (κ2) is 6.90. The summed E-state index contributed by atoms with van der Waals surface area (Å²) < 4.78 is 0. The topological polar surface area (TPSA) is 3.24 Å². The summed E-state index contributed by atoms with van der Waals surface area (Å²) in [5.74, 6) is 6.96. The highest BCUT2D eigenvalue weighted by atomic mass is 32.3. The fourth-order valence-electron chi connectivity index (χ4n) is 2.31. The minimum absolute atomic E-state index is 0.116. The Bertz CT molecular complexity index is 205. The monoisotopic (exact) mass is 293 g/mol. The van der Waals surface area contributed by atoms with Gasteiger partial charge in [0.2, 0.25) is 0 Å². The van der Waals surface area contributed by atoms with E-state index in [-0.39, 0.29) is 20.1 Å². The maximum absolute atomic E-state index is 2.47. The molecule has 1 nitrogen and oxygen atoms in total. The second-order valence-electron chi connectivity index (χ2n) is 7.34. The minimum atomic E-state index is -0.157. The number of rotatable bonds is 0. The smallest absolute Gasteiger partial charge is 0.00548 e. The van der Waals surface area contributed by atoms with Crippen LogP contribution >= 0.6 is 20.1 Å². The van der Waals surface area contributed by atoms with Gasteiger partial charge >= 0.3 is 0 Å². The third kappa shape index (κ3) is 6.72. The minimum Gasteiger partial charge on any atom is -0.305 e. The predicted octanol–water partition coefficient (Wildman–Crippen LogP) is 3.48. The summed E-state index contributed by atoms with van der Waals surface area (Å²) in [5, 5.41) is 0. The Morgan fingerprint density at radius 3 is 1.50 bits per heavy atom. The average Bonchev–Trinajstić information content (AvgIpc) is 2.28. The first kappa shape index (κ1) is 16.7. The van der Waals surface area contributed by atoms with Crippen LogP contribution in [0.1, 0.15) is 19.8 Å². The van der Waals surface area contributed by atoms with E-state index < -0.39 is 0 Å². The lowest BCUT2D eigenvalue weighted by molar-refractivity contribution is 0.369. The Hall–Kier alpha value is 0.660. The second-order valence-corrected chi connectivity index (χ2v) is 16.0. The van der Waals surface area contributed by atoms with Crippen LogP contribution in [0.5, 0.6) is 0 Å². The zero-order valence-corrected chi connectivity index (χ0v) is 15.1. The number of hydrogen-bond acceptors (Lipinski definition) is 1. The summed E-state index contributed by atoms with van der Waals surface area (Å²) in [6, 6.07) is 0. The third-order valence-corrected chi connectivity index (χ3v) is 9.63. The summed E-state index contributed by atoms with van der Waals surface area (Å²) in [4.78, 5) is 2.43. The van der Waals surface area contributed by atoms with Gasteiger partial charge in [-0.3, -0.25) is 0 Å². The molecule has 0 radical (unpaired) electrons. The molecule has 0 aromatic heterocycles. The van der Waals surface area contributed by atoms with E-state index in [9.17, 15) is 0 Å². The lowest BCUT2D eigenvalue weighted by Gasteiger charge is -2.39. The van der Waals surface area contributed by atoms with Crippen molar-refractivity contribution in [2.75, 3.05) is 68.2 Å². The third-order valence-electron chi connectivity index (χ3n) is 4.38. The molecule has 2 heterocycles. The molecule has 0 aliphatic carbocycles. The van der Waals surface area contributed by atoms with Gasteiger partial charge in [0.25, 0.3) is 0 Å². The summed E-state index contributed by atoms with van der Waals surface area (Å²) in [6.07, 6.45) is 12.8. The molecule has 2 aliphatic rings. The van der Waals surface area contributed by atoms with Crippen molar-refractivity contribution in [1.82, 2.24) is 4.90 Å². The molecule has 0 spiro atoms. The molecule has 0 unspecified atom stereocenters. The Balaban J connectivity index is 0.000000180. The van der Waals surface area contributed by atoms with Gasteiger partial charge in [-0.05, 0) is 73.8 Å². The molecule has 2 rings (SSSR count). The van der Waals surface area contributed by atoms with Crippen LogP contribution in [-0.4, -0.2) is 73.1 Å². The van der Waals surface area contributed by atoms with Crippen LogP contribution in [-0.2, 0) is 0 Å². The molecule has 3 heteroatoms. The highest BCUT2D eigenvalue weighted by Crippen LogP contribution is 2.46. The van der Waals surface area contributed by atoms with Crippen molar-refractivity contribution in [2.45, 2.75) is 19.8 Å². The van der Waals surface area contributed by atoms with Gasteiger partial charge in [-0.25, -0.2) is 20.1 Å². The molecular formula is C15H35NS2. The summed E-state index contributed by atoms with van der Waals surface area (Å²) in [6.45, 7) is 5.03. The van der Waals surface area contributed by atoms with Gasteiger partial charge in [0.15, 0.2) is 0 Å². The largest absolute Gasteiger partial charge is 0.305 e. The Morgan fingerprint density at radius 2 is 1.17 bits per heavy atom. The van der Waals surface area contributed by atoms with Crippen LogP contribution < -0.4 is 0 Å². The molecule has 0 bridgehead atoms. The zero-order chi connectivity index (χ0) is 13.8. The van der Waals surface area contributed by atoms with E-state index in [1.54, 1.807) is 0 Å². The highest BCUT2D eigenvalue weighted by Gasteiger charge is 2.19. The molecule has 0 aromatic carbocycles. The van der Waals surface area contributed by atoms with Gasteiger partial charge in [0.05, 0.1) is 0 Å². The van der Waals surface area contributed by atoms with Gasteiger partial charge < -0.3 is 4.90 Å². The van der Waals surface area contributed by atoms with E-state index in [0.29, 0.717) is 0 Å². The van der Waals surface area contributed by atoms with Gasteiger partial charge in [-0.15, -0.1) is 0 Å². The zero-order valence-electron chi connectivity index (χ0n) is 13.5. The molecule has 18 heavy (non-hydrogen) atoms. The highest BCUT2D eigenvalue weighted by molar-refractivity contribution is 8.33. The van der Waals surface area contributed by atoms with E-state index in [1.165, 1.54) is 48.9 Å². The van der Waals surface area contributed by atoms with Gasteiger partial charge in [-0.1, -0.05) is 6.92 Å².